The van der Waals surface area contributed by atoms with Crippen LogP contribution in [0.4, 0.5) is 15.8 Å². The van der Waals surface area contributed by atoms with E-state index in [1.165, 1.54) is 12.1 Å². The van der Waals surface area contributed by atoms with Gasteiger partial charge in [0.2, 0.25) is 5.91 Å². The van der Waals surface area contributed by atoms with Crippen molar-refractivity contribution in [2.45, 2.75) is 25.3 Å². The zero-order chi connectivity index (χ0) is 12.2. The van der Waals surface area contributed by atoms with E-state index in [4.69, 9.17) is 11.6 Å². The highest BCUT2D eigenvalue weighted by molar-refractivity contribution is 6.31. The standard InChI is InChI=1S/C12H12ClFN2O/c1-12(6-2-3-6)11(17)15-9-5-8(14)7(13)4-10(9)16-12/h4-6,16H,2-3H2,1H3,(H,15,17). The van der Waals surface area contributed by atoms with Crippen LogP contribution in [-0.2, 0) is 4.79 Å². The molecule has 1 heterocycles. The van der Waals surface area contributed by atoms with Crippen LogP contribution in [-0.4, -0.2) is 11.4 Å². The summed E-state index contributed by atoms with van der Waals surface area (Å²) in [6.45, 7) is 1.88. The largest absolute Gasteiger partial charge is 0.369 e. The molecule has 1 aliphatic carbocycles. The molecule has 3 rings (SSSR count). The minimum Gasteiger partial charge on any atom is -0.369 e. The molecule has 1 atom stereocenters. The Hall–Kier alpha value is -1.29. The molecule has 90 valence electrons. The molecule has 1 unspecified atom stereocenters. The Morgan fingerprint density at radius 3 is 2.76 bits per heavy atom. The fourth-order valence-corrected chi connectivity index (χ4v) is 2.45. The summed E-state index contributed by atoms with van der Waals surface area (Å²) < 4.78 is 13.3. The number of carbonyl (C=O) groups is 1. The van der Waals surface area contributed by atoms with Gasteiger partial charge in [0, 0.05) is 6.07 Å². The van der Waals surface area contributed by atoms with Gasteiger partial charge in [-0.15, -0.1) is 0 Å². The smallest absolute Gasteiger partial charge is 0.250 e. The molecule has 0 radical (unpaired) electrons. The monoisotopic (exact) mass is 254 g/mol. The van der Waals surface area contributed by atoms with Crippen molar-refractivity contribution in [3.63, 3.8) is 0 Å². The summed E-state index contributed by atoms with van der Waals surface area (Å²) in [7, 11) is 0. The highest BCUT2D eigenvalue weighted by Crippen LogP contribution is 2.45. The average molecular weight is 255 g/mol. The van der Waals surface area contributed by atoms with Crippen LogP contribution in [0, 0.1) is 11.7 Å². The van der Waals surface area contributed by atoms with E-state index in [9.17, 15) is 9.18 Å². The van der Waals surface area contributed by atoms with Crippen molar-refractivity contribution in [2.75, 3.05) is 10.6 Å². The van der Waals surface area contributed by atoms with Crippen molar-refractivity contribution in [1.29, 1.82) is 0 Å². The zero-order valence-electron chi connectivity index (χ0n) is 9.31. The van der Waals surface area contributed by atoms with E-state index >= 15 is 0 Å². The second kappa shape index (κ2) is 3.35. The lowest BCUT2D eigenvalue weighted by molar-refractivity contribution is -0.120. The van der Waals surface area contributed by atoms with Crippen molar-refractivity contribution >= 4 is 28.9 Å². The van der Waals surface area contributed by atoms with Gasteiger partial charge in [0.15, 0.2) is 0 Å². The van der Waals surface area contributed by atoms with Gasteiger partial charge in [-0.25, -0.2) is 4.39 Å². The van der Waals surface area contributed by atoms with Gasteiger partial charge < -0.3 is 10.6 Å². The zero-order valence-corrected chi connectivity index (χ0v) is 10.1. The Labute approximate surface area is 103 Å². The van der Waals surface area contributed by atoms with E-state index in [1.54, 1.807) is 0 Å². The van der Waals surface area contributed by atoms with E-state index < -0.39 is 11.4 Å². The van der Waals surface area contributed by atoms with E-state index in [2.05, 4.69) is 10.6 Å². The van der Waals surface area contributed by atoms with Crippen LogP contribution in [0.25, 0.3) is 0 Å². The predicted octanol–water partition coefficient (Wildman–Crippen LogP) is 3.01. The normalized spacial score (nSPS) is 27.1. The molecule has 0 spiro atoms. The van der Waals surface area contributed by atoms with E-state index in [1.807, 2.05) is 6.92 Å². The molecule has 1 aromatic rings. The number of hydrogen-bond donors (Lipinski definition) is 2. The van der Waals surface area contributed by atoms with Gasteiger partial charge in [0.05, 0.1) is 16.4 Å². The van der Waals surface area contributed by atoms with Gasteiger partial charge in [-0.3, -0.25) is 4.79 Å². The fourth-order valence-electron chi connectivity index (χ4n) is 2.29. The van der Waals surface area contributed by atoms with E-state index in [0.29, 0.717) is 17.3 Å². The topological polar surface area (TPSA) is 41.1 Å². The first-order valence-corrected chi connectivity index (χ1v) is 5.97. The van der Waals surface area contributed by atoms with E-state index in [-0.39, 0.29) is 10.9 Å². The first-order chi connectivity index (χ1) is 8.00. The Morgan fingerprint density at radius 2 is 2.12 bits per heavy atom. The summed E-state index contributed by atoms with van der Waals surface area (Å²) in [6.07, 6.45) is 2.09. The lowest BCUT2D eigenvalue weighted by atomic mass is 9.91. The molecule has 1 saturated carbocycles. The maximum Gasteiger partial charge on any atom is 0.250 e. The van der Waals surface area contributed by atoms with Crippen LogP contribution in [0.1, 0.15) is 19.8 Å². The third-order valence-corrected chi connectivity index (χ3v) is 3.86. The fraction of sp³-hybridized carbons (Fsp3) is 0.417. The molecule has 2 N–H and O–H groups in total. The molecule has 1 fully saturated rings. The molecular weight excluding hydrogens is 243 g/mol. The summed E-state index contributed by atoms with van der Waals surface area (Å²) in [6, 6.07) is 2.77. The Balaban J connectivity index is 2.04. The van der Waals surface area contributed by atoms with Gasteiger partial charge in [-0.05, 0) is 31.7 Å². The van der Waals surface area contributed by atoms with Crippen molar-refractivity contribution in [1.82, 2.24) is 0 Å². The van der Waals surface area contributed by atoms with Gasteiger partial charge in [0.25, 0.3) is 0 Å². The SMILES string of the molecule is CC1(C2CC2)Nc2cc(Cl)c(F)cc2NC1=O. The second-order valence-corrected chi connectivity index (χ2v) is 5.27. The summed E-state index contributed by atoms with van der Waals surface area (Å²) >= 11 is 5.74. The number of halogens is 2. The van der Waals surface area contributed by atoms with Gasteiger partial charge >= 0.3 is 0 Å². The molecule has 0 bridgehead atoms. The lowest BCUT2D eigenvalue weighted by Gasteiger charge is -2.36. The number of amides is 1. The summed E-state index contributed by atoms with van der Waals surface area (Å²) in [5.41, 5.74) is 0.536. The van der Waals surface area contributed by atoms with Gasteiger partial charge in [0.1, 0.15) is 11.4 Å². The van der Waals surface area contributed by atoms with Crippen LogP contribution in [0.15, 0.2) is 12.1 Å². The summed E-state index contributed by atoms with van der Waals surface area (Å²) in [5, 5.41) is 5.99. The van der Waals surface area contributed by atoms with Crippen LogP contribution in [0.3, 0.4) is 0 Å². The van der Waals surface area contributed by atoms with Crippen LogP contribution >= 0.6 is 11.6 Å². The first-order valence-electron chi connectivity index (χ1n) is 5.59. The Morgan fingerprint density at radius 1 is 1.41 bits per heavy atom. The number of benzene rings is 1. The minimum absolute atomic E-state index is 0.0607. The molecule has 0 aromatic heterocycles. The van der Waals surface area contributed by atoms with Crippen molar-refractivity contribution in [3.8, 4) is 0 Å². The number of anilines is 2. The summed E-state index contributed by atoms with van der Waals surface area (Å²) in [4.78, 5) is 12.0. The molecule has 1 aliphatic heterocycles. The van der Waals surface area contributed by atoms with Crippen LogP contribution in [0.5, 0.6) is 0 Å². The molecule has 2 aliphatic rings. The number of rotatable bonds is 1. The number of fused-ring (bicyclic) bond motifs is 1. The average Bonchev–Trinajstić information content (AvgIpc) is 3.07. The number of carbonyl (C=O) groups excluding carboxylic acids is 1. The maximum atomic E-state index is 13.3. The third kappa shape index (κ3) is 1.59. The Bertz CT molecular complexity index is 515. The highest BCUT2D eigenvalue weighted by atomic mass is 35.5. The second-order valence-electron chi connectivity index (χ2n) is 4.87. The molecule has 3 nitrogen and oxygen atoms in total. The van der Waals surface area contributed by atoms with Crippen molar-refractivity contribution in [2.24, 2.45) is 5.92 Å². The van der Waals surface area contributed by atoms with Gasteiger partial charge in [-0.1, -0.05) is 11.6 Å². The van der Waals surface area contributed by atoms with Gasteiger partial charge in [-0.2, -0.15) is 0 Å². The predicted molar refractivity (Wildman–Crippen MR) is 64.8 cm³/mol. The van der Waals surface area contributed by atoms with Crippen LogP contribution in [0.2, 0.25) is 5.02 Å². The molecule has 5 heteroatoms. The van der Waals surface area contributed by atoms with E-state index in [0.717, 1.165) is 12.8 Å². The first kappa shape index (κ1) is 10.8. The van der Waals surface area contributed by atoms with Crippen molar-refractivity contribution < 1.29 is 9.18 Å². The molecule has 1 amide bonds. The molecular formula is C12H12ClFN2O. The minimum atomic E-state index is -0.603. The lowest BCUT2D eigenvalue weighted by Crippen LogP contribution is -2.51. The van der Waals surface area contributed by atoms with Crippen LogP contribution < -0.4 is 10.6 Å². The third-order valence-electron chi connectivity index (χ3n) is 3.57. The highest BCUT2D eigenvalue weighted by Gasteiger charge is 2.49. The maximum absolute atomic E-state index is 13.3. The molecule has 0 saturated heterocycles. The quantitative estimate of drug-likeness (QED) is 0.809. The number of nitrogens with one attached hydrogen (secondary N) is 2. The Kier molecular flexibility index (Phi) is 2.14. The summed E-state index contributed by atoms with van der Waals surface area (Å²) in [5.74, 6) is -0.281. The van der Waals surface area contributed by atoms with Crippen molar-refractivity contribution in [3.05, 3.63) is 23.0 Å². The molecule has 1 aromatic carbocycles. The number of hydrogen-bond acceptors (Lipinski definition) is 2. The molecule has 17 heavy (non-hydrogen) atoms.